The number of ether oxygens (including phenoxy) is 3. The maximum Gasteiger partial charge on any atom is 0.573 e. The van der Waals surface area contributed by atoms with E-state index in [2.05, 4.69) is 4.74 Å². The standard InChI is InChI=1S/C16H13F3O4/c1-21-12-7-8-13(15(20)22-2)14(9-12)10-3-5-11(6-4-10)23-16(17,18)19/h3-9H,1-2H3. The summed E-state index contributed by atoms with van der Waals surface area (Å²) in [6.45, 7) is 0. The number of methoxy groups -OCH3 is 2. The van der Waals surface area contributed by atoms with Gasteiger partial charge in [-0.2, -0.15) is 0 Å². The Labute approximate surface area is 130 Å². The second-order valence-corrected chi connectivity index (χ2v) is 4.48. The van der Waals surface area contributed by atoms with E-state index in [1.807, 2.05) is 0 Å². The van der Waals surface area contributed by atoms with Gasteiger partial charge < -0.3 is 14.2 Å². The number of halogens is 3. The van der Waals surface area contributed by atoms with Gasteiger partial charge in [-0.1, -0.05) is 12.1 Å². The molecule has 0 saturated carbocycles. The lowest BCUT2D eigenvalue weighted by Crippen LogP contribution is -2.16. The molecule has 4 nitrogen and oxygen atoms in total. The molecule has 0 aliphatic carbocycles. The Bertz CT molecular complexity index is 693. The zero-order valence-corrected chi connectivity index (χ0v) is 12.3. The Morgan fingerprint density at radius 1 is 0.957 bits per heavy atom. The van der Waals surface area contributed by atoms with Crippen LogP contribution in [0.5, 0.6) is 11.5 Å². The SMILES string of the molecule is COC(=O)c1ccc(OC)cc1-c1ccc(OC(F)(F)F)cc1. The van der Waals surface area contributed by atoms with Crippen molar-refractivity contribution >= 4 is 5.97 Å². The van der Waals surface area contributed by atoms with Crippen molar-refractivity contribution in [1.29, 1.82) is 0 Å². The highest BCUT2D eigenvalue weighted by atomic mass is 19.4. The van der Waals surface area contributed by atoms with E-state index >= 15 is 0 Å². The van der Waals surface area contributed by atoms with E-state index in [0.29, 0.717) is 16.9 Å². The van der Waals surface area contributed by atoms with Crippen LogP contribution in [0.1, 0.15) is 10.4 Å². The number of carbonyl (C=O) groups excluding carboxylic acids is 1. The molecule has 0 atom stereocenters. The first-order chi connectivity index (χ1) is 10.8. The van der Waals surface area contributed by atoms with Crippen LogP contribution < -0.4 is 9.47 Å². The van der Waals surface area contributed by atoms with E-state index in [-0.39, 0.29) is 11.3 Å². The van der Waals surface area contributed by atoms with Gasteiger partial charge in [0.15, 0.2) is 0 Å². The van der Waals surface area contributed by atoms with Crippen LogP contribution in [-0.2, 0) is 4.74 Å². The van der Waals surface area contributed by atoms with Gasteiger partial charge >= 0.3 is 12.3 Å². The molecule has 0 saturated heterocycles. The maximum absolute atomic E-state index is 12.2. The van der Waals surface area contributed by atoms with Crippen molar-refractivity contribution in [2.75, 3.05) is 14.2 Å². The summed E-state index contributed by atoms with van der Waals surface area (Å²) in [7, 11) is 2.72. The molecular formula is C16H13F3O4. The van der Waals surface area contributed by atoms with Crippen molar-refractivity contribution in [3.05, 3.63) is 48.0 Å². The lowest BCUT2D eigenvalue weighted by molar-refractivity contribution is -0.274. The van der Waals surface area contributed by atoms with E-state index in [1.165, 1.54) is 44.6 Å². The largest absolute Gasteiger partial charge is 0.573 e. The van der Waals surface area contributed by atoms with E-state index in [0.717, 1.165) is 0 Å². The molecule has 0 aliphatic heterocycles. The fourth-order valence-electron chi connectivity index (χ4n) is 2.01. The highest BCUT2D eigenvalue weighted by Gasteiger charge is 2.31. The Morgan fingerprint density at radius 2 is 1.57 bits per heavy atom. The maximum atomic E-state index is 12.2. The monoisotopic (exact) mass is 326 g/mol. The number of benzene rings is 2. The quantitative estimate of drug-likeness (QED) is 0.795. The fraction of sp³-hybridized carbons (Fsp3) is 0.188. The molecule has 7 heteroatoms. The average molecular weight is 326 g/mol. The number of rotatable bonds is 4. The molecule has 2 aromatic rings. The first kappa shape index (κ1) is 16.7. The third kappa shape index (κ3) is 4.15. The minimum Gasteiger partial charge on any atom is -0.497 e. The first-order valence-electron chi connectivity index (χ1n) is 6.46. The Morgan fingerprint density at radius 3 is 2.09 bits per heavy atom. The Hall–Kier alpha value is -2.70. The molecule has 0 amide bonds. The third-order valence-electron chi connectivity index (χ3n) is 3.03. The van der Waals surface area contributed by atoms with Crippen LogP contribution in [-0.4, -0.2) is 26.6 Å². The Balaban J connectivity index is 2.42. The molecule has 0 aromatic heterocycles. The van der Waals surface area contributed by atoms with Gasteiger partial charge in [0, 0.05) is 0 Å². The minimum absolute atomic E-state index is 0.276. The number of alkyl halides is 3. The number of carbonyl (C=O) groups is 1. The van der Waals surface area contributed by atoms with Crippen LogP contribution in [0, 0.1) is 0 Å². The van der Waals surface area contributed by atoms with E-state index in [1.54, 1.807) is 12.1 Å². The van der Waals surface area contributed by atoms with Crippen LogP contribution in [0.2, 0.25) is 0 Å². The number of hydrogen-bond acceptors (Lipinski definition) is 4. The summed E-state index contributed by atoms with van der Waals surface area (Å²) in [4.78, 5) is 11.8. The Kier molecular flexibility index (Phi) is 4.78. The topological polar surface area (TPSA) is 44.8 Å². The molecule has 0 heterocycles. The summed E-state index contributed by atoms with van der Waals surface area (Å²) in [5, 5.41) is 0. The van der Waals surface area contributed by atoms with Crippen LogP contribution >= 0.6 is 0 Å². The summed E-state index contributed by atoms with van der Waals surface area (Å²) in [5.41, 5.74) is 1.28. The van der Waals surface area contributed by atoms with Crippen LogP contribution in [0.25, 0.3) is 11.1 Å². The van der Waals surface area contributed by atoms with Gasteiger partial charge in [-0.3, -0.25) is 0 Å². The van der Waals surface area contributed by atoms with Gasteiger partial charge in [0.05, 0.1) is 19.8 Å². The summed E-state index contributed by atoms with van der Waals surface area (Å²) >= 11 is 0. The average Bonchev–Trinajstić information content (AvgIpc) is 2.52. The van der Waals surface area contributed by atoms with Crippen molar-refractivity contribution in [1.82, 2.24) is 0 Å². The molecule has 0 unspecified atom stereocenters. The molecule has 2 aromatic carbocycles. The van der Waals surface area contributed by atoms with Gasteiger partial charge in [-0.05, 0) is 41.5 Å². The van der Waals surface area contributed by atoms with Crippen molar-refractivity contribution in [3.8, 4) is 22.6 Å². The van der Waals surface area contributed by atoms with Crippen molar-refractivity contribution in [2.24, 2.45) is 0 Å². The molecule has 0 fully saturated rings. The number of esters is 1. The van der Waals surface area contributed by atoms with Gasteiger partial charge in [0.2, 0.25) is 0 Å². The summed E-state index contributed by atoms with van der Waals surface area (Å²) in [6.07, 6.45) is -4.76. The van der Waals surface area contributed by atoms with Gasteiger partial charge in [0.1, 0.15) is 11.5 Å². The minimum atomic E-state index is -4.76. The van der Waals surface area contributed by atoms with Crippen LogP contribution in [0.3, 0.4) is 0 Å². The molecule has 0 radical (unpaired) electrons. The summed E-state index contributed by atoms with van der Waals surface area (Å²) in [6, 6.07) is 9.90. The first-order valence-corrected chi connectivity index (χ1v) is 6.46. The molecule has 23 heavy (non-hydrogen) atoms. The van der Waals surface area contributed by atoms with E-state index in [4.69, 9.17) is 9.47 Å². The molecule has 2 rings (SSSR count). The molecule has 122 valence electrons. The highest BCUT2D eigenvalue weighted by molar-refractivity contribution is 5.97. The van der Waals surface area contributed by atoms with Crippen LogP contribution in [0.15, 0.2) is 42.5 Å². The second-order valence-electron chi connectivity index (χ2n) is 4.48. The highest BCUT2D eigenvalue weighted by Crippen LogP contribution is 2.31. The van der Waals surface area contributed by atoms with E-state index in [9.17, 15) is 18.0 Å². The smallest absolute Gasteiger partial charge is 0.497 e. The molecule has 0 N–H and O–H groups in total. The van der Waals surface area contributed by atoms with Gasteiger partial charge in [0.25, 0.3) is 0 Å². The van der Waals surface area contributed by atoms with E-state index < -0.39 is 12.3 Å². The molecule has 0 aliphatic rings. The summed E-state index contributed by atoms with van der Waals surface area (Å²) in [5.74, 6) is -0.398. The van der Waals surface area contributed by atoms with Crippen molar-refractivity contribution in [2.45, 2.75) is 6.36 Å². The zero-order chi connectivity index (χ0) is 17.0. The molecule has 0 bridgehead atoms. The van der Waals surface area contributed by atoms with Crippen molar-refractivity contribution < 1.29 is 32.2 Å². The lowest BCUT2D eigenvalue weighted by atomic mass is 9.99. The molecule has 0 spiro atoms. The predicted molar refractivity (Wildman–Crippen MR) is 76.5 cm³/mol. The van der Waals surface area contributed by atoms with Crippen LogP contribution in [0.4, 0.5) is 13.2 Å². The zero-order valence-electron chi connectivity index (χ0n) is 12.3. The number of hydrogen-bond donors (Lipinski definition) is 0. The van der Waals surface area contributed by atoms with Crippen molar-refractivity contribution in [3.63, 3.8) is 0 Å². The second kappa shape index (κ2) is 6.60. The summed E-state index contributed by atoms with van der Waals surface area (Å²) < 4.78 is 50.2. The van der Waals surface area contributed by atoms with Gasteiger partial charge in [-0.25, -0.2) is 4.79 Å². The fourth-order valence-corrected chi connectivity index (χ4v) is 2.01. The normalized spacial score (nSPS) is 11.0. The third-order valence-corrected chi connectivity index (χ3v) is 3.03. The predicted octanol–water partition coefficient (Wildman–Crippen LogP) is 4.05. The lowest BCUT2D eigenvalue weighted by Gasteiger charge is -2.12. The molecular weight excluding hydrogens is 313 g/mol. The van der Waals surface area contributed by atoms with Gasteiger partial charge in [-0.15, -0.1) is 13.2 Å².